The van der Waals surface area contributed by atoms with Crippen LogP contribution in [-0.4, -0.2) is 16.3 Å². The van der Waals surface area contributed by atoms with Gasteiger partial charge in [-0.15, -0.1) is 0 Å². The fourth-order valence-corrected chi connectivity index (χ4v) is 3.89. The molecule has 4 rings (SSSR count). The van der Waals surface area contributed by atoms with Crippen LogP contribution in [0.2, 0.25) is 0 Å². The summed E-state index contributed by atoms with van der Waals surface area (Å²) in [7, 11) is 0. The van der Waals surface area contributed by atoms with Gasteiger partial charge in [0.15, 0.2) is 0 Å². The zero-order valence-electron chi connectivity index (χ0n) is 16.5. The highest BCUT2D eigenvalue weighted by Crippen LogP contribution is 2.41. The van der Waals surface area contributed by atoms with Crippen molar-refractivity contribution in [2.75, 3.05) is 6.54 Å². The van der Waals surface area contributed by atoms with Crippen LogP contribution >= 0.6 is 0 Å². The molecule has 0 saturated carbocycles. The van der Waals surface area contributed by atoms with Gasteiger partial charge < -0.3 is 5.32 Å². The highest BCUT2D eigenvalue weighted by atomic mass is 19.1. The predicted octanol–water partition coefficient (Wildman–Crippen LogP) is 5.16. The molecule has 1 heterocycles. The van der Waals surface area contributed by atoms with E-state index in [1.165, 1.54) is 28.8 Å². The monoisotopic (exact) mass is 375 g/mol. The number of allylic oxidation sites excluding steroid dienone is 1. The molecule has 0 fully saturated rings. The number of aromatic nitrogens is 2. The maximum Gasteiger partial charge on any atom is 0.123 e. The molecule has 0 amide bonds. The Kier molecular flexibility index (Phi) is 5.14. The number of nitrogens with zero attached hydrogens (tertiary/aromatic N) is 2. The van der Waals surface area contributed by atoms with E-state index < -0.39 is 0 Å². The van der Waals surface area contributed by atoms with Crippen LogP contribution in [-0.2, 0) is 13.0 Å². The van der Waals surface area contributed by atoms with Crippen LogP contribution in [0.5, 0.6) is 0 Å². The Balaban J connectivity index is 1.45. The van der Waals surface area contributed by atoms with Gasteiger partial charge in [0, 0.05) is 6.54 Å². The normalized spacial score (nSPS) is 18.6. The SMILES string of the molecule is CC1=Cc2c(cnn2-c2ccc(F)cc2)CC1(C)CCNCc1ccccc1. The maximum atomic E-state index is 13.2. The molecule has 4 heteroatoms. The van der Waals surface area contributed by atoms with Gasteiger partial charge in [0.1, 0.15) is 5.82 Å². The average Bonchev–Trinajstić information content (AvgIpc) is 3.09. The molecule has 2 aromatic carbocycles. The van der Waals surface area contributed by atoms with Crippen molar-refractivity contribution >= 4 is 6.08 Å². The highest BCUT2D eigenvalue weighted by molar-refractivity contribution is 5.60. The Hall–Kier alpha value is -2.72. The Morgan fingerprint density at radius 1 is 1.11 bits per heavy atom. The second-order valence-corrected chi connectivity index (χ2v) is 7.92. The summed E-state index contributed by atoms with van der Waals surface area (Å²) in [5.41, 5.74) is 6.05. The Labute approximate surface area is 165 Å². The van der Waals surface area contributed by atoms with Gasteiger partial charge in [-0.2, -0.15) is 5.10 Å². The summed E-state index contributed by atoms with van der Waals surface area (Å²) in [4.78, 5) is 0. The summed E-state index contributed by atoms with van der Waals surface area (Å²) >= 11 is 0. The van der Waals surface area contributed by atoms with Gasteiger partial charge in [-0.25, -0.2) is 9.07 Å². The average molecular weight is 375 g/mol. The zero-order chi connectivity index (χ0) is 19.6. The van der Waals surface area contributed by atoms with Crippen molar-refractivity contribution in [3.63, 3.8) is 0 Å². The molecule has 3 nitrogen and oxygen atoms in total. The third kappa shape index (κ3) is 3.78. The number of nitrogens with one attached hydrogen (secondary N) is 1. The molecule has 28 heavy (non-hydrogen) atoms. The molecule has 3 aromatic rings. The minimum absolute atomic E-state index is 0.118. The van der Waals surface area contributed by atoms with Crippen LogP contribution in [0.3, 0.4) is 0 Å². The van der Waals surface area contributed by atoms with Gasteiger partial charge in [0.2, 0.25) is 0 Å². The number of rotatable bonds is 6. The van der Waals surface area contributed by atoms with E-state index in [0.29, 0.717) is 0 Å². The quantitative estimate of drug-likeness (QED) is 0.603. The smallest absolute Gasteiger partial charge is 0.123 e. The van der Waals surface area contributed by atoms with Crippen molar-refractivity contribution in [2.45, 2.75) is 33.2 Å². The standard InChI is InChI=1S/C24H26FN3/c1-18-14-23-20(17-27-28(23)22-10-8-21(25)9-11-22)15-24(18,2)12-13-26-16-19-6-4-3-5-7-19/h3-11,14,17,26H,12-13,15-16H2,1-2H3. The molecule has 1 aliphatic carbocycles. The predicted molar refractivity (Wildman–Crippen MR) is 112 cm³/mol. The molecule has 0 bridgehead atoms. The van der Waals surface area contributed by atoms with Crippen LogP contribution in [0.1, 0.15) is 37.1 Å². The lowest BCUT2D eigenvalue weighted by Gasteiger charge is -2.34. The molecule has 1 atom stereocenters. The minimum atomic E-state index is -0.230. The zero-order valence-corrected chi connectivity index (χ0v) is 16.5. The van der Waals surface area contributed by atoms with E-state index in [-0.39, 0.29) is 11.2 Å². The first-order chi connectivity index (χ1) is 13.5. The Bertz CT molecular complexity index is 973. The maximum absolute atomic E-state index is 13.2. The third-order valence-corrected chi connectivity index (χ3v) is 5.87. The van der Waals surface area contributed by atoms with Crippen LogP contribution < -0.4 is 5.32 Å². The van der Waals surface area contributed by atoms with E-state index >= 15 is 0 Å². The van der Waals surface area contributed by atoms with Crippen molar-refractivity contribution in [2.24, 2.45) is 5.41 Å². The van der Waals surface area contributed by atoms with E-state index in [1.807, 2.05) is 16.9 Å². The first kappa shape index (κ1) is 18.6. The summed E-state index contributed by atoms with van der Waals surface area (Å²) in [6.45, 7) is 6.41. The molecule has 1 N–H and O–H groups in total. The molecule has 1 aliphatic rings. The first-order valence-electron chi connectivity index (χ1n) is 9.81. The van der Waals surface area contributed by atoms with Gasteiger partial charge >= 0.3 is 0 Å². The van der Waals surface area contributed by atoms with Crippen LogP contribution in [0.4, 0.5) is 4.39 Å². The largest absolute Gasteiger partial charge is 0.313 e. The number of benzene rings is 2. The van der Waals surface area contributed by atoms with E-state index in [1.54, 1.807) is 12.1 Å². The summed E-state index contributed by atoms with van der Waals surface area (Å²) in [6, 6.07) is 17.0. The molecule has 0 radical (unpaired) electrons. The van der Waals surface area contributed by atoms with Crippen molar-refractivity contribution in [3.05, 3.63) is 89.0 Å². The molecule has 0 saturated heterocycles. The lowest BCUT2D eigenvalue weighted by atomic mass is 9.72. The van der Waals surface area contributed by atoms with Crippen LogP contribution in [0, 0.1) is 11.2 Å². The molecule has 144 valence electrons. The fourth-order valence-electron chi connectivity index (χ4n) is 3.89. The summed E-state index contributed by atoms with van der Waals surface area (Å²) in [5, 5.41) is 8.14. The number of hydrogen-bond acceptors (Lipinski definition) is 2. The van der Waals surface area contributed by atoms with Gasteiger partial charge in [-0.1, -0.05) is 42.8 Å². The van der Waals surface area contributed by atoms with Gasteiger partial charge in [0.25, 0.3) is 0 Å². The van der Waals surface area contributed by atoms with Gasteiger partial charge in [0.05, 0.1) is 17.6 Å². The van der Waals surface area contributed by atoms with E-state index in [4.69, 9.17) is 0 Å². The Morgan fingerprint density at radius 2 is 1.86 bits per heavy atom. The third-order valence-electron chi connectivity index (χ3n) is 5.87. The highest BCUT2D eigenvalue weighted by Gasteiger charge is 2.32. The molecule has 0 spiro atoms. The summed E-state index contributed by atoms with van der Waals surface area (Å²) < 4.78 is 15.1. The number of halogens is 1. The van der Waals surface area contributed by atoms with E-state index in [2.05, 4.69) is 54.6 Å². The first-order valence-corrected chi connectivity index (χ1v) is 9.81. The van der Waals surface area contributed by atoms with Crippen molar-refractivity contribution < 1.29 is 4.39 Å². The van der Waals surface area contributed by atoms with Crippen molar-refractivity contribution in [1.29, 1.82) is 0 Å². The van der Waals surface area contributed by atoms with Gasteiger partial charge in [-0.05, 0) is 73.2 Å². The van der Waals surface area contributed by atoms with Crippen LogP contribution in [0.15, 0.2) is 66.4 Å². The topological polar surface area (TPSA) is 29.9 Å². The number of fused-ring (bicyclic) bond motifs is 1. The second-order valence-electron chi connectivity index (χ2n) is 7.92. The molecule has 1 unspecified atom stereocenters. The van der Waals surface area contributed by atoms with Gasteiger partial charge in [-0.3, -0.25) is 0 Å². The van der Waals surface area contributed by atoms with Crippen molar-refractivity contribution in [1.82, 2.24) is 15.1 Å². The fraction of sp³-hybridized carbons (Fsp3) is 0.292. The summed E-state index contributed by atoms with van der Waals surface area (Å²) in [6.07, 6.45) is 6.24. The number of hydrogen-bond donors (Lipinski definition) is 1. The van der Waals surface area contributed by atoms with Crippen LogP contribution in [0.25, 0.3) is 11.8 Å². The molecular formula is C24H26FN3. The minimum Gasteiger partial charge on any atom is -0.313 e. The molecule has 1 aromatic heterocycles. The summed E-state index contributed by atoms with van der Waals surface area (Å²) in [5.74, 6) is -0.230. The molecular weight excluding hydrogens is 349 g/mol. The molecule has 0 aliphatic heterocycles. The Morgan fingerprint density at radius 3 is 2.61 bits per heavy atom. The lowest BCUT2D eigenvalue weighted by Crippen LogP contribution is -2.29. The van der Waals surface area contributed by atoms with E-state index in [9.17, 15) is 4.39 Å². The van der Waals surface area contributed by atoms with Crippen molar-refractivity contribution in [3.8, 4) is 5.69 Å². The second kappa shape index (κ2) is 7.72. The lowest BCUT2D eigenvalue weighted by molar-refractivity contribution is 0.350. The van der Waals surface area contributed by atoms with E-state index in [0.717, 1.165) is 37.3 Å².